The molecule has 0 unspecified atom stereocenters. The summed E-state index contributed by atoms with van der Waals surface area (Å²) in [7, 11) is 0. The molecule has 0 aliphatic rings. The Hall–Kier alpha value is -2.60. The molecule has 0 aromatic heterocycles. The minimum atomic E-state index is -0.827. The lowest BCUT2D eigenvalue weighted by atomic mass is 10.2. The zero-order chi connectivity index (χ0) is 18.4. The maximum Gasteiger partial charge on any atom is 0.339 e. The number of rotatable bonds is 6. The molecule has 0 saturated heterocycles. The van der Waals surface area contributed by atoms with Gasteiger partial charge in [0, 0.05) is 5.69 Å². The van der Waals surface area contributed by atoms with Crippen molar-refractivity contribution < 1.29 is 23.5 Å². The minimum Gasteiger partial charge on any atom is -0.481 e. The van der Waals surface area contributed by atoms with Crippen LogP contribution in [0.1, 0.15) is 24.2 Å². The number of hydrogen-bond acceptors (Lipinski definition) is 4. The molecule has 0 saturated carbocycles. The predicted octanol–water partition coefficient (Wildman–Crippen LogP) is 4.06. The van der Waals surface area contributed by atoms with Gasteiger partial charge in [-0.25, -0.2) is 9.18 Å². The van der Waals surface area contributed by atoms with Gasteiger partial charge in [0.2, 0.25) is 0 Å². The molecule has 2 rings (SSSR count). The monoisotopic (exact) mass is 365 g/mol. The molecular formula is C18H17ClFNO4. The van der Waals surface area contributed by atoms with Crippen molar-refractivity contribution in [3.8, 4) is 5.75 Å². The fourth-order valence-electron chi connectivity index (χ4n) is 1.98. The first kappa shape index (κ1) is 18.7. The van der Waals surface area contributed by atoms with E-state index in [1.54, 1.807) is 19.9 Å². The summed E-state index contributed by atoms with van der Waals surface area (Å²) in [4.78, 5) is 24.0. The van der Waals surface area contributed by atoms with Gasteiger partial charge < -0.3 is 14.8 Å². The summed E-state index contributed by atoms with van der Waals surface area (Å²) in [6.07, 6.45) is -0.827. The summed E-state index contributed by atoms with van der Waals surface area (Å²) >= 11 is 5.98. The smallest absolute Gasteiger partial charge is 0.339 e. The van der Waals surface area contributed by atoms with Crippen LogP contribution >= 0.6 is 11.6 Å². The number of esters is 1. The number of halogens is 2. The number of anilines is 1. The Bertz CT molecular complexity index is 764. The lowest BCUT2D eigenvalue weighted by molar-refractivity contribution is -0.122. The second kappa shape index (κ2) is 8.48. The third-order valence-electron chi connectivity index (χ3n) is 3.22. The average Bonchev–Trinajstić information content (AvgIpc) is 2.58. The van der Waals surface area contributed by atoms with E-state index in [2.05, 4.69) is 5.32 Å². The molecule has 0 aliphatic heterocycles. The molecular weight excluding hydrogens is 349 g/mol. The van der Waals surface area contributed by atoms with Crippen LogP contribution in [0.2, 0.25) is 5.02 Å². The topological polar surface area (TPSA) is 64.6 Å². The van der Waals surface area contributed by atoms with Gasteiger partial charge in [-0.3, -0.25) is 4.79 Å². The van der Waals surface area contributed by atoms with Crippen LogP contribution in [0.4, 0.5) is 10.1 Å². The molecule has 0 heterocycles. The van der Waals surface area contributed by atoms with Gasteiger partial charge in [-0.05, 0) is 56.3 Å². The minimum absolute atomic E-state index is 0.161. The van der Waals surface area contributed by atoms with Crippen molar-refractivity contribution in [1.82, 2.24) is 0 Å². The van der Waals surface area contributed by atoms with Crippen LogP contribution in [0.25, 0.3) is 0 Å². The van der Waals surface area contributed by atoms with E-state index in [1.807, 2.05) is 0 Å². The maximum atomic E-state index is 12.9. The van der Waals surface area contributed by atoms with Gasteiger partial charge in [-0.1, -0.05) is 11.6 Å². The second-order valence-corrected chi connectivity index (χ2v) is 5.53. The standard InChI is InChI=1S/C18H17ClFNO4/c1-3-24-18(23)15-10-13(6-9-16(15)19)21-17(22)11(2)25-14-7-4-12(20)5-8-14/h4-11H,3H2,1-2H3,(H,21,22)/t11-/m0/s1. The van der Waals surface area contributed by atoms with E-state index in [9.17, 15) is 14.0 Å². The van der Waals surface area contributed by atoms with E-state index in [0.717, 1.165) is 0 Å². The number of carbonyl (C=O) groups is 2. The van der Waals surface area contributed by atoms with Crippen molar-refractivity contribution >= 4 is 29.2 Å². The number of benzene rings is 2. The lowest BCUT2D eigenvalue weighted by Gasteiger charge is -2.15. The van der Waals surface area contributed by atoms with Gasteiger partial charge in [-0.2, -0.15) is 0 Å². The van der Waals surface area contributed by atoms with E-state index in [-0.39, 0.29) is 17.2 Å². The molecule has 0 radical (unpaired) electrons. The van der Waals surface area contributed by atoms with Crippen molar-refractivity contribution in [3.05, 3.63) is 58.9 Å². The van der Waals surface area contributed by atoms with E-state index < -0.39 is 23.8 Å². The van der Waals surface area contributed by atoms with Crippen LogP contribution in [-0.4, -0.2) is 24.6 Å². The normalized spacial score (nSPS) is 11.5. The van der Waals surface area contributed by atoms with Gasteiger partial charge in [0.25, 0.3) is 5.91 Å². The second-order valence-electron chi connectivity index (χ2n) is 5.12. The molecule has 2 aromatic carbocycles. The summed E-state index contributed by atoms with van der Waals surface area (Å²) in [5, 5.41) is 2.86. The highest BCUT2D eigenvalue weighted by Crippen LogP contribution is 2.22. The third-order valence-corrected chi connectivity index (χ3v) is 3.55. The van der Waals surface area contributed by atoms with Crippen LogP contribution in [0.15, 0.2) is 42.5 Å². The van der Waals surface area contributed by atoms with Crippen molar-refractivity contribution in [2.75, 3.05) is 11.9 Å². The molecule has 1 atom stereocenters. The number of ether oxygens (including phenoxy) is 2. The van der Waals surface area contributed by atoms with Crippen LogP contribution in [0, 0.1) is 5.82 Å². The third kappa shape index (κ3) is 5.19. The number of amides is 1. The SMILES string of the molecule is CCOC(=O)c1cc(NC(=O)[C@H](C)Oc2ccc(F)cc2)ccc1Cl. The van der Waals surface area contributed by atoms with E-state index >= 15 is 0 Å². The first-order valence-corrected chi connectivity index (χ1v) is 7.98. The van der Waals surface area contributed by atoms with Crippen LogP contribution in [0.3, 0.4) is 0 Å². The fourth-order valence-corrected chi connectivity index (χ4v) is 2.18. The first-order valence-electron chi connectivity index (χ1n) is 7.60. The molecule has 0 aliphatic carbocycles. The van der Waals surface area contributed by atoms with Gasteiger partial charge in [0.05, 0.1) is 17.2 Å². The maximum absolute atomic E-state index is 12.9. The molecule has 132 valence electrons. The first-order chi connectivity index (χ1) is 11.9. The van der Waals surface area contributed by atoms with Crippen LogP contribution < -0.4 is 10.1 Å². The van der Waals surface area contributed by atoms with Crippen molar-refractivity contribution in [2.24, 2.45) is 0 Å². The van der Waals surface area contributed by atoms with Crippen LogP contribution in [-0.2, 0) is 9.53 Å². The quantitative estimate of drug-likeness (QED) is 0.784. The summed E-state index contributed by atoms with van der Waals surface area (Å²) in [6.45, 7) is 3.46. The fraction of sp³-hybridized carbons (Fsp3) is 0.222. The van der Waals surface area contributed by atoms with Crippen molar-refractivity contribution in [2.45, 2.75) is 20.0 Å². The Morgan fingerprint density at radius 3 is 2.52 bits per heavy atom. The van der Waals surface area contributed by atoms with Gasteiger partial charge in [-0.15, -0.1) is 0 Å². The molecule has 0 spiro atoms. The Labute approximate surface area is 149 Å². The van der Waals surface area contributed by atoms with Gasteiger partial charge >= 0.3 is 5.97 Å². The molecule has 0 fully saturated rings. The van der Waals surface area contributed by atoms with Crippen molar-refractivity contribution in [1.29, 1.82) is 0 Å². The van der Waals surface area contributed by atoms with Gasteiger partial charge in [0.15, 0.2) is 6.10 Å². The van der Waals surface area contributed by atoms with Gasteiger partial charge in [0.1, 0.15) is 11.6 Å². The average molecular weight is 366 g/mol. The molecule has 0 bridgehead atoms. The number of hydrogen-bond donors (Lipinski definition) is 1. The molecule has 5 nitrogen and oxygen atoms in total. The predicted molar refractivity (Wildman–Crippen MR) is 92.5 cm³/mol. The summed E-state index contributed by atoms with van der Waals surface area (Å²) < 4.78 is 23.2. The largest absolute Gasteiger partial charge is 0.481 e. The Morgan fingerprint density at radius 2 is 1.88 bits per heavy atom. The zero-order valence-electron chi connectivity index (χ0n) is 13.7. The molecule has 1 N–H and O–H groups in total. The lowest BCUT2D eigenvalue weighted by Crippen LogP contribution is -2.30. The highest BCUT2D eigenvalue weighted by atomic mass is 35.5. The summed E-state index contributed by atoms with van der Waals surface area (Å²) in [5.74, 6) is -1.02. The zero-order valence-corrected chi connectivity index (χ0v) is 14.5. The van der Waals surface area contributed by atoms with E-state index in [1.165, 1.54) is 36.4 Å². The Morgan fingerprint density at radius 1 is 1.20 bits per heavy atom. The molecule has 25 heavy (non-hydrogen) atoms. The Kier molecular flexibility index (Phi) is 6.36. The van der Waals surface area contributed by atoms with Crippen LogP contribution in [0.5, 0.6) is 5.75 Å². The van der Waals surface area contributed by atoms with E-state index in [0.29, 0.717) is 11.4 Å². The molecule has 1 amide bonds. The van der Waals surface area contributed by atoms with E-state index in [4.69, 9.17) is 21.1 Å². The highest BCUT2D eigenvalue weighted by molar-refractivity contribution is 6.33. The number of nitrogens with one attached hydrogen (secondary N) is 1. The Balaban J connectivity index is 2.05. The highest BCUT2D eigenvalue weighted by Gasteiger charge is 2.17. The van der Waals surface area contributed by atoms with Crippen molar-refractivity contribution in [3.63, 3.8) is 0 Å². The summed E-state index contributed by atoms with van der Waals surface area (Å²) in [5.41, 5.74) is 0.542. The number of carbonyl (C=O) groups excluding carboxylic acids is 2. The molecule has 7 heteroatoms. The summed E-state index contributed by atoms with van der Waals surface area (Å²) in [6, 6.07) is 9.83. The molecule has 2 aromatic rings.